The number of halogens is 1. The first-order valence-electron chi connectivity index (χ1n) is 4.82. The zero-order valence-corrected chi connectivity index (χ0v) is 8.68. The Bertz CT molecular complexity index is 522. The molecular weight excluding hydrogens is 227 g/mol. The molecule has 1 aromatic heterocycles. The number of hydrogen-bond acceptors (Lipinski definition) is 4. The van der Waals surface area contributed by atoms with Gasteiger partial charge in [0, 0.05) is 5.69 Å². The summed E-state index contributed by atoms with van der Waals surface area (Å²) in [7, 11) is 0. The molecule has 0 unspecified atom stereocenters. The predicted octanol–water partition coefficient (Wildman–Crippen LogP) is 2.12. The van der Waals surface area contributed by atoms with Gasteiger partial charge < -0.3 is 14.8 Å². The van der Waals surface area contributed by atoms with Crippen LogP contribution in [-0.2, 0) is 6.54 Å². The van der Waals surface area contributed by atoms with Gasteiger partial charge in [0.25, 0.3) is 0 Å². The van der Waals surface area contributed by atoms with Gasteiger partial charge in [-0.1, -0.05) is 0 Å². The fourth-order valence-electron chi connectivity index (χ4n) is 1.24. The van der Waals surface area contributed by atoms with Crippen LogP contribution in [0.4, 0.5) is 10.1 Å². The number of nitrogens with zero attached hydrogens (tertiary/aromatic N) is 1. The first kappa shape index (κ1) is 11.1. The largest absolute Gasteiger partial charge is 0.476 e. The summed E-state index contributed by atoms with van der Waals surface area (Å²) in [6, 6.07) is 5.77. The van der Waals surface area contributed by atoms with Crippen LogP contribution in [0.1, 0.15) is 16.4 Å². The van der Waals surface area contributed by atoms with E-state index >= 15 is 0 Å². The smallest absolute Gasteiger partial charge is 0.357 e. The highest BCUT2D eigenvalue weighted by Gasteiger charge is 2.09. The molecule has 6 heteroatoms. The van der Waals surface area contributed by atoms with Crippen LogP contribution >= 0.6 is 0 Å². The van der Waals surface area contributed by atoms with Gasteiger partial charge in [0.1, 0.15) is 12.1 Å². The number of rotatable bonds is 4. The van der Waals surface area contributed by atoms with Crippen molar-refractivity contribution in [1.82, 2.24) is 4.98 Å². The van der Waals surface area contributed by atoms with Gasteiger partial charge in [-0.05, 0) is 24.3 Å². The van der Waals surface area contributed by atoms with Gasteiger partial charge >= 0.3 is 5.97 Å². The second-order valence-corrected chi connectivity index (χ2v) is 3.29. The highest BCUT2D eigenvalue weighted by atomic mass is 19.1. The van der Waals surface area contributed by atoms with E-state index in [1.54, 1.807) is 12.1 Å². The number of oxazole rings is 1. The van der Waals surface area contributed by atoms with Crippen LogP contribution in [0.5, 0.6) is 0 Å². The highest BCUT2D eigenvalue weighted by molar-refractivity contribution is 5.84. The van der Waals surface area contributed by atoms with Gasteiger partial charge in [0.05, 0.1) is 6.54 Å². The van der Waals surface area contributed by atoms with Gasteiger partial charge in [-0.25, -0.2) is 14.2 Å². The van der Waals surface area contributed by atoms with E-state index in [9.17, 15) is 9.18 Å². The maximum atomic E-state index is 12.6. The van der Waals surface area contributed by atoms with Crippen molar-refractivity contribution in [2.45, 2.75) is 6.54 Å². The van der Waals surface area contributed by atoms with Crippen molar-refractivity contribution in [1.29, 1.82) is 0 Å². The highest BCUT2D eigenvalue weighted by Crippen LogP contribution is 2.10. The normalized spacial score (nSPS) is 10.2. The van der Waals surface area contributed by atoms with E-state index in [0.29, 0.717) is 5.69 Å². The summed E-state index contributed by atoms with van der Waals surface area (Å²) in [6.07, 6.45) is 1.07. The van der Waals surface area contributed by atoms with E-state index in [4.69, 9.17) is 9.52 Å². The molecule has 0 fully saturated rings. The third-order valence-corrected chi connectivity index (χ3v) is 2.06. The summed E-state index contributed by atoms with van der Waals surface area (Å²) in [5, 5.41) is 11.6. The Labute approximate surface area is 95.9 Å². The van der Waals surface area contributed by atoms with Crippen molar-refractivity contribution in [2.24, 2.45) is 0 Å². The molecule has 0 saturated heterocycles. The predicted molar refractivity (Wildman–Crippen MR) is 57.2 cm³/mol. The van der Waals surface area contributed by atoms with Gasteiger partial charge in [-0.3, -0.25) is 0 Å². The van der Waals surface area contributed by atoms with Crippen LogP contribution in [-0.4, -0.2) is 16.1 Å². The van der Waals surface area contributed by atoms with E-state index < -0.39 is 5.97 Å². The van der Waals surface area contributed by atoms with Crippen molar-refractivity contribution in [2.75, 3.05) is 5.32 Å². The van der Waals surface area contributed by atoms with E-state index in [1.165, 1.54) is 12.1 Å². The minimum Gasteiger partial charge on any atom is -0.476 e. The second-order valence-electron chi connectivity index (χ2n) is 3.29. The Morgan fingerprint density at radius 3 is 2.71 bits per heavy atom. The minimum absolute atomic E-state index is 0.138. The molecule has 5 nitrogen and oxygen atoms in total. The van der Waals surface area contributed by atoms with E-state index in [2.05, 4.69) is 10.3 Å². The summed E-state index contributed by atoms with van der Waals surface area (Å²) in [5.41, 5.74) is 0.558. The van der Waals surface area contributed by atoms with Crippen LogP contribution in [0, 0.1) is 5.82 Å². The fraction of sp³-hybridized carbons (Fsp3) is 0.0909. The lowest BCUT2D eigenvalue weighted by Gasteiger charge is -2.02. The number of carbonyl (C=O) groups is 1. The number of nitrogens with one attached hydrogen (secondary N) is 1. The zero-order chi connectivity index (χ0) is 12.3. The zero-order valence-electron chi connectivity index (χ0n) is 8.68. The Kier molecular flexibility index (Phi) is 3.04. The van der Waals surface area contributed by atoms with E-state index in [1.807, 2.05) is 0 Å². The van der Waals surface area contributed by atoms with Gasteiger partial charge in [0.15, 0.2) is 5.69 Å². The van der Waals surface area contributed by atoms with Crippen molar-refractivity contribution >= 4 is 11.7 Å². The van der Waals surface area contributed by atoms with Crippen molar-refractivity contribution in [3.8, 4) is 0 Å². The maximum absolute atomic E-state index is 12.6. The van der Waals surface area contributed by atoms with Gasteiger partial charge in [-0.15, -0.1) is 0 Å². The standard InChI is InChI=1S/C11H9FN2O3/c12-7-1-3-8(4-2-7)13-5-10-14-9(6-17-10)11(15)16/h1-4,6,13H,5H2,(H,15,16). The number of aromatic nitrogens is 1. The molecule has 88 valence electrons. The van der Waals surface area contributed by atoms with Crippen molar-refractivity contribution < 1.29 is 18.7 Å². The van der Waals surface area contributed by atoms with Crippen molar-refractivity contribution in [3.05, 3.63) is 47.9 Å². The topological polar surface area (TPSA) is 75.4 Å². The quantitative estimate of drug-likeness (QED) is 0.850. The van der Waals surface area contributed by atoms with Crippen LogP contribution in [0.15, 0.2) is 34.9 Å². The lowest BCUT2D eigenvalue weighted by Crippen LogP contribution is -2.01. The summed E-state index contributed by atoms with van der Waals surface area (Å²) >= 11 is 0. The maximum Gasteiger partial charge on any atom is 0.357 e. The van der Waals surface area contributed by atoms with Crippen LogP contribution in [0.25, 0.3) is 0 Å². The lowest BCUT2D eigenvalue weighted by molar-refractivity contribution is 0.0690. The number of benzene rings is 1. The molecule has 0 aliphatic heterocycles. The SMILES string of the molecule is O=C(O)c1coc(CNc2ccc(F)cc2)n1. The molecule has 0 atom stereocenters. The summed E-state index contributed by atoms with van der Waals surface area (Å²) in [4.78, 5) is 14.3. The molecule has 0 bridgehead atoms. The van der Waals surface area contributed by atoms with Crippen LogP contribution in [0.2, 0.25) is 0 Å². The second kappa shape index (κ2) is 4.65. The monoisotopic (exact) mass is 236 g/mol. The van der Waals surface area contributed by atoms with Crippen molar-refractivity contribution in [3.63, 3.8) is 0 Å². The molecule has 17 heavy (non-hydrogen) atoms. The fourth-order valence-corrected chi connectivity index (χ4v) is 1.24. The molecular formula is C11H9FN2O3. The molecule has 0 amide bonds. The Hall–Kier alpha value is -2.37. The number of aromatic carboxylic acids is 1. The first-order chi connectivity index (χ1) is 8.15. The average Bonchev–Trinajstić information content (AvgIpc) is 2.77. The third kappa shape index (κ3) is 2.81. The first-order valence-corrected chi connectivity index (χ1v) is 4.82. The number of carboxylic acid groups (broad SMARTS) is 1. The molecule has 1 heterocycles. The summed E-state index contributed by atoms with van der Waals surface area (Å²) in [6.45, 7) is 0.235. The molecule has 1 aromatic carbocycles. The average molecular weight is 236 g/mol. The number of hydrogen-bond donors (Lipinski definition) is 2. The molecule has 2 aromatic rings. The Morgan fingerprint density at radius 1 is 1.41 bits per heavy atom. The number of anilines is 1. The molecule has 0 aliphatic rings. The molecule has 2 rings (SSSR count). The molecule has 0 aliphatic carbocycles. The van der Waals surface area contributed by atoms with Crippen LogP contribution in [0.3, 0.4) is 0 Å². The summed E-state index contributed by atoms with van der Waals surface area (Å²) in [5.74, 6) is -1.20. The summed E-state index contributed by atoms with van der Waals surface area (Å²) < 4.78 is 17.6. The van der Waals surface area contributed by atoms with Gasteiger partial charge in [-0.2, -0.15) is 0 Å². The molecule has 0 saturated carbocycles. The molecule has 2 N–H and O–H groups in total. The Balaban J connectivity index is 1.97. The lowest BCUT2D eigenvalue weighted by atomic mass is 10.3. The molecule has 0 radical (unpaired) electrons. The third-order valence-electron chi connectivity index (χ3n) is 2.06. The Morgan fingerprint density at radius 2 is 2.12 bits per heavy atom. The van der Waals surface area contributed by atoms with E-state index in [-0.39, 0.29) is 23.9 Å². The number of carboxylic acids is 1. The van der Waals surface area contributed by atoms with Crippen LogP contribution < -0.4 is 5.32 Å². The van der Waals surface area contributed by atoms with Gasteiger partial charge in [0.2, 0.25) is 5.89 Å². The molecule has 0 spiro atoms. The minimum atomic E-state index is -1.14. The van der Waals surface area contributed by atoms with E-state index in [0.717, 1.165) is 6.26 Å².